The third-order valence-electron chi connectivity index (χ3n) is 6.69. The lowest BCUT2D eigenvalue weighted by Gasteiger charge is -2.34. The number of aromatic nitrogens is 2. The predicted octanol–water partition coefficient (Wildman–Crippen LogP) is 3.63. The zero-order valence-electron chi connectivity index (χ0n) is 19.6. The molecule has 0 radical (unpaired) electrons. The summed E-state index contributed by atoms with van der Waals surface area (Å²) < 4.78 is 28.6. The highest BCUT2D eigenvalue weighted by molar-refractivity contribution is 7.89. The van der Waals surface area contributed by atoms with Gasteiger partial charge in [0.05, 0.1) is 16.8 Å². The minimum Gasteiger partial charge on any atom is -0.383 e. The van der Waals surface area contributed by atoms with Crippen LogP contribution in [0, 0.1) is 41.5 Å². The van der Waals surface area contributed by atoms with Crippen LogP contribution in [0.3, 0.4) is 0 Å². The van der Waals surface area contributed by atoms with E-state index in [4.69, 9.17) is 10.7 Å². The first-order valence-corrected chi connectivity index (χ1v) is 13.1. The van der Waals surface area contributed by atoms with Gasteiger partial charge in [-0.3, -0.25) is 4.90 Å². The number of nitrogen functional groups attached to an aromatic ring is 1. The fraction of sp³-hybridized carbons (Fsp3) is 0.478. The molecular formula is C23H31N5O2S2. The molecule has 0 amide bonds. The van der Waals surface area contributed by atoms with Gasteiger partial charge in [0, 0.05) is 31.1 Å². The van der Waals surface area contributed by atoms with E-state index in [0.29, 0.717) is 49.3 Å². The van der Waals surface area contributed by atoms with Gasteiger partial charge in [-0.25, -0.2) is 18.4 Å². The zero-order valence-corrected chi connectivity index (χ0v) is 21.2. The zero-order chi connectivity index (χ0) is 23.4. The van der Waals surface area contributed by atoms with Crippen LogP contribution in [0.5, 0.6) is 0 Å². The number of sulfonamides is 1. The van der Waals surface area contributed by atoms with Gasteiger partial charge in [-0.15, -0.1) is 11.3 Å². The maximum absolute atomic E-state index is 13.5. The molecule has 3 aromatic rings. The Morgan fingerprint density at radius 1 is 0.938 bits per heavy atom. The second-order valence-electron chi connectivity index (χ2n) is 8.76. The molecule has 1 aliphatic rings. The van der Waals surface area contributed by atoms with Gasteiger partial charge in [-0.2, -0.15) is 4.31 Å². The SMILES string of the molecule is Cc1cc(C)c(C)c(S(=O)(=O)N2CCN(Cc3nc(N)c4c(C)c(C)sc4n3)CC2)c1C. The van der Waals surface area contributed by atoms with E-state index >= 15 is 0 Å². The quantitative estimate of drug-likeness (QED) is 0.622. The predicted molar refractivity (Wildman–Crippen MR) is 131 cm³/mol. The summed E-state index contributed by atoms with van der Waals surface area (Å²) >= 11 is 1.64. The molecule has 2 aromatic heterocycles. The Kier molecular flexibility index (Phi) is 6.04. The number of fused-ring (bicyclic) bond motifs is 1. The largest absolute Gasteiger partial charge is 0.383 e. The molecule has 4 rings (SSSR count). The normalized spacial score (nSPS) is 16.2. The Bertz CT molecular complexity index is 1280. The Labute approximate surface area is 194 Å². The van der Waals surface area contributed by atoms with Crippen LogP contribution < -0.4 is 5.73 Å². The molecular weight excluding hydrogens is 442 g/mol. The number of hydrogen-bond donors (Lipinski definition) is 1. The first-order chi connectivity index (χ1) is 15.0. The molecule has 1 saturated heterocycles. The molecule has 0 bridgehead atoms. The van der Waals surface area contributed by atoms with Gasteiger partial charge >= 0.3 is 0 Å². The summed E-state index contributed by atoms with van der Waals surface area (Å²) in [6.45, 7) is 14.6. The molecule has 0 atom stereocenters. The van der Waals surface area contributed by atoms with Crippen molar-refractivity contribution in [2.45, 2.75) is 53.0 Å². The van der Waals surface area contributed by atoms with Gasteiger partial charge in [0.2, 0.25) is 10.0 Å². The van der Waals surface area contributed by atoms with Crippen LogP contribution in [0.1, 0.15) is 38.5 Å². The van der Waals surface area contributed by atoms with Crippen molar-refractivity contribution in [3.63, 3.8) is 0 Å². The van der Waals surface area contributed by atoms with Gasteiger partial charge in [-0.05, 0) is 69.4 Å². The van der Waals surface area contributed by atoms with Crippen LogP contribution in [-0.4, -0.2) is 53.8 Å². The van der Waals surface area contributed by atoms with Crippen LogP contribution >= 0.6 is 11.3 Å². The summed E-state index contributed by atoms with van der Waals surface area (Å²) in [5, 5.41) is 0.950. The van der Waals surface area contributed by atoms with Gasteiger partial charge < -0.3 is 5.73 Å². The standard InChI is InChI=1S/C23H31N5O2S2/c1-13-11-14(2)16(4)21(15(13)3)32(29,30)28-9-7-27(8-10-28)12-19-25-22(24)20-17(5)18(6)31-23(20)26-19/h11H,7-10,12H2,1-6H3,(H2,24,25,26). The molecule has 32 heavy (non-hydrogen) atoms. The Morgan fingerprint density at radius 3 is 2.12 bits per heavy atom. The van der Waals surface area contributed by atoms with Crippen molar-refractivity contribution >= 4 is 37.4 Å². The van der Waals surface area contributed by atoms with Crippen LogP contribution in [-0.2, 0) is 16.6 Å². The van der Waals surface area contributed by atoms with Crippen molar-refractivity contribution in [3.8, 4) is 0 Å². The van der Waals surface area contributed by atoms with Crippen LogP contribution in [0.4, 0.5) is 5.82 Å². The van der Waals surface area contributed by atoms with E-state index in [0.717, 1.165) is 38.0 Å². The highest BCUT2D eigenvalue weighted by Crippen LogP contribution is 2.32. The highest BCUT2D eigenvalue weighted by atomic mass is 32.2. The second kappa shape index (κ2) is 8.37. The van der Waals surface area contributed by atoms with Crippen LogP contribution in [0.15, 0.2) is 11.0 Å². The number of hydrogen-bond acceptors (Lipinski definition) is 7. The molecule has 2 N–H and O–H groups in total. The van der Waals surface area contributed by atoms with Crippen molar-refractivity contribution in [1.29, 1.82) is 0 Å². The molecule has 9 heteroatoms. The maximum Gasteiger partial charge on any atom is 0.243 e. The number of aryl methyl sites for hydroxylation is 4. The Balaban J connectivity index is 1.51. The maximum atomic E-state index is 13.5. The third-order valence-corrected chi connectivity index (χ3v) is 9.97. The molecule has 1 fully saturated rings. The van der Waals surface area contributed by atoms with E-state index in [1.165, 1.54) is 4.88 Å². The van der Waals surface area contributed by atoms with Gasteiger partial charge in [0.25, 0.3) is 0 Å². The molecule has 0 aliphatic carbocycles. The van der Waals surface area contributed by atoms with Crippen molar-refractivity contribution in [2.24, 2.45) is 0 Å². The van der Waals surface area contributed by atoms with Crippen molar-refractivity contribution in [2.75, 3.05) is 31.9 Å². The average Bonchev–Trinajstić information content (AvgIpc) is 3.01. The summed E-state index contributed by atoms with van der Waals surface area (Å²) in [5.74, 6) is 1.21. The number of anilines is 1. The van der Waals surface area contributed by atoms with E-state index in [2.05, 4.69) is 22.9 Å². The molecule has 0 spiro atoms. The van der Waals surface area contributed by atoms with E-state index < -0.39 is 10.0 Å². The van der Waals surface area contributed by atoms with E-state index in [9.17, 15) is 8.42 Å². The second-order valence-corrected chi connectivity index (χ2v) is 11.8. The number of rotatable bonds is 4. The minimum atomic E-state index is -3.55. The molecule has 3 heterocycles. The summed E-state index contributed by atoms with van der Waals surface area (Å²) in [6.07, 6.45) is 0. The lowest BCUT2D eigenvalue weighted by atomic mass is 10.0. The molecule has 0 saturated carbocycles. The topological polar surface area (TPSA) is 92.4 Å². The van der Waals surface area contributed by atoms with E-state index in [-0.39, 0.29) is 0 Å². The minimum absolute atomic E-state index is 0.448. The first-order valence-electron chi connectivity index (χ1n) is 10.8. The highest BCUT2D eigenvalue weighted by Gasteiger charge is 2.32. The molecule has 7 nitrogen and oxygen atoms in total. The number of nitrogens with zero attached hydrogens (tertiary/aromatic N) is 4. The molecule has 172 valence electrons. The van der Waals surface area contributed by atoms with Crippen molar-refractivity contribution in [3.05, 3.63) is 44.6 Å². The summed E-state index contributed by atoms with van der Waals surface area (Å²) in [4.78, 5) is 14.0. The van der Waals surface area contributed by atoms with Gasteiger partial charge in [0.15, 0.2) is 0 Å². The summed E-state index contributed by atoms with van der Waals surface area (Å²) in [6, 6.07) is 2.06. The number of nitrogens with two attached hydrogens (primary N) is 1. The van der Waals surface area contributed by atoms with E-state index in [1.54, 1.807) is 15.6 Å². The molecule has 1 aliphatic heterocycles. The first kappa shape index (κ1) is 23.1. The average molecular weight is 474 g/mol. The van der Waals surface area contributed by atoms with E-state index in [1.807, 2.05) is 34.6 Å². The summed E-state index contributed by atoms with van der Waals surface area (Å²) in [5.41, 5.74) is 11.1. The third kappa shape index (κ3) is 3.91. The van der Waals surface area contributed by atoms with Crippen molar-refractivity contribution < 1.29 is 8.42 Å². The molecule has 1 aromatic carbocycles. The lowest BCUT2D eigenvalue weighted by molar-refractivity contribution is 0.178. The monoisotopic (exact) mass is 473 g/mol. The van der Waals surface area contributed by atoms with Gasteiger partial charge in [0.1, 0.15) is 16.5 Å². The fourth-order valence-electron chi connectivity index (χ4n) is 4.42. The number of piperazine rings is 1. The van der Waals surface area contributed by atoms with Gasteiger partial charge in [-0.1, -0.05) is 6.07 Å². The lowest BCUT2D eigenvalue weighted by Crippen LogP contribution is -2.48. The Hall–Kier alpha value is -2.07. The summed E-state index contributed by atoms with van der Waals surface area (Å²) in [7, 11) is -3.55. The van der Waals surface area contributed by atoms with Crippen molar-refractivity contribution in [1.82, 2.24) is 19.2 Å². The van der Waals surface area contributed by atoms with Crippen LogP contribution in [0.25, 0.3) is 10.2 Å². The smallest absolute Gasteiger partial charge is 0.243 e. The molecule has 0 unspecified atom stereocenters. The number of thiophene rings is 1. The fourth-order valence-corrected chi connectivity index (χ4v) is 7.48. The van der Waals surface area contributed by atoms with Crippen LogP contribution in [0.2, 0.25) is 0 Å². The number of benzene rings is 1. The Morgan fingerprint density at radius 2 is 1.53 bits per heavy atom.